The average molecular weight is 400 g/mol. The molecule has 0 saturated carbocycles. The Morgan fingerprint density at radius 2 is 1.50 bits per heavy atom. The van der Waals surface area contributed by atoms with Gasteiger partial charge in [0.15, 0.2) is 0 Å². The first kappa shape index (κ1) is 10.2. The second-order valence-electron chi connectivity index (χ2n) is 12.1. The summed E-state index contributed by atoms with van der Waals surface area (Å²) in [6.45, 7) is -0.217. The fraction of sp³-hybridized carbons (Fsp3) is 0.684. The van der Waals surface area contributed by atoms with Gasteiger partial charge in [0.25, 0.3) is 0 Å². The van der Waals surface area contributed by atoms with Gasteiger partial charge in [-0.3, -0.25) is 0 Å². The Morgan fingerprint density at radius 1 is 0.955 bits per heavy atom. The van der Waals surface area contributed by atoms with Gasteiger partial charge in [-0.15, -0.1) is 0 Å². The molecule has 0 aromatic heterocycles. The summed E-state index contributed by atoms with van der Waals surface area (Å²) in [6.07, 6.45) is 0. The molecule has 0 bridgehead atoms. The number of benzene rings is 1. The van der Waals surface area contributed by atoms with E-state index >= 15 is 0 Å². The summed E-state index contributed by atoms with van der Waals surface area (Å²) in [6, 6.07) is 9.43. The van der Waals surface area contributed by atoms with Crippen molar-refractivity contribution in [3.8, 4) is 0 Å². The van der Waals surface area contributed by atoms with E-state index in [9.17, 15) is 0 Å². The van der Waals surface area contributed by atoms with E-state index in [1.54, 1.807) is 0 Å². The predicted octanol–water partition coefficient (Wildman–Crippen LogP) is 5.47. The zero-order chi connectivity index (χ0) is 14.6. The number of nitrogens with one attached hydrogen (secondary N) is 1. The number of halogens is 1. The summed E-state index contributed by atoms with van der Waals surface area (Å²) in [5.74, 6) is 0. The van der Waals surface area contributed by atoms with Crippen LogP contribution in [0, 0.1) is 0 Å². The van der Waals surface area contributed by atoms with E-state index < -0.39 is 6.51 Å². The van der Waals surface area contributed by atoms with Gasteiger partial charge >= 0.3 is 111 Å². The molecule has 118 valence electrons. The standard InChI is InChI=1S/C12H10Br.C5H5.C2H7N.Fe/c1-9-5-4-7-10(9)11-6-2-3-8-12(11)13;1-2-4-5-3-1;1-3-2;/h2-8H,1H3;1-5H;3H,1-2H3;. The van der Waals surface area contributed by atoms with Crippen LogP contribution in [0.15, 0.2) is 28.7 Å². The zero-order valence-corrected chi connectivity index (χ0v) is 15.8. The first-order valence-corrected chi connectivity index (χ1v) is 15.9. The third-order valence-electron chi connectivity index (χ3n) is 16.9. The van der Waals surface area contributed by atoms with Crippen molar-refractivity contribution in [3.63, 3.8) is 0 Å². The minimum absolute atomic E-state index is 0.867. The van der Waals surface area contributed by atoms with Crippen LogP contribution in [0.2, 0.25) is 42.8 Å². The summed E-state index contributed by atoms with van der Waals surface area (Å²) in [7, 11) is 3.75. The van der Waals surface area contributed by atoms with Crippen LogP contribution in [0.4, 0.5) is 0 Å². The molecule has 1 N–H and O–H groups in total. The van der Waals surface area contributed by atoms with E-state index in [4.69, 9.17) is 0 Å². The van der Waals surface area contributed by atoms with Crippen LogP contribution in [0.25, 0.3) is 0 Å². The third kappa shape index (κ3) is 0.124. The van der Waals surface area contributed by atoms with Crippen molar-refractivity contribution >= 4 is 15.9 Å². The molecule has 10 aliphatic rings. The molecule has 3 heteroatoms. The monoisotopic (exact) mass is 399 g/mol. The van der Waals surface area contributed by atoms with Gasteiger partial charge in [-0.2, -0.15) is 0 Å². The van der Waals surface area contributed by atoms with Gasteiger partial charge in [-0.05, 0) is 14.1 Å². The summed E-state index contributed by atoms with van der Waals surface area (Å²) in [5, 5.41) is 2.75. The molecular formula is C19H22BrFeN. The summed E-state index contributed by atoms with van der Waals surface area (Å²) in [4.78, 5) is 11.3. The molecule has 10 fully saturated rings. The van der Waals surface area contributed by atoms with Crippen molar-refractivity contribution in [1.29, 1.82) is 0 Å². The molecule has 10 saturated heterocycles. The topological polar surface area (TPSA) is 12.0 Å². The maximum atomic E-state index is 3.95. The Balaban J connectivity index is 0.000000275. The van der Waals surface area contributed by atoms with Gasteiger partial charge in [0, 0.05) is 0 Å². The fourth-order valence-electron chi connectivity index (χ4n) is 19.2. The van der Waals surface area contributed by atoms with Crippen molar-refractivity contribution in [2.24, 2.45) is 0 Å². The van der Waals surface area contributed by atoms with Gasteiger partial charge < -0.3 is 5.32 Å². The Bertz CT molecular complexity index is 1230. The summed E-state index contributed by atoms with van der Waals surface area (Å²) >= 11 is 3.95. The molecule has 1 spiro atoms. The van der Waals surface area contributed by atoms with Crippen molar-refractivity contribution < 1.29 is 6.51 Å². The molecule has 10 heterocycles. The Morgan fingerprint density at radius 3 is 1.82 bits per heavy atom. The summed E-state index contributed by atoms with van der Waals surface area (Å²) in [5.41, 5.74) is 1.83. The van der Waals surface area contributed by atoms with Gasteiger partial charge in [-0.25, -0.2) is 0 Å². The molecule has 1 aromatic rings. The Kier molecular flexibility index (Phi) is 0.472. The second kappa shape index (κ2) is 1.02. The first-order chi connectivity index (χ1) is 10.4. The van der Waals surface area contributed by atoms with Gasteiger partial charge in [0.2, 0.25) is 0 Å². The van der Waals surface area contributed by atoms with Crippen LogP contribution in [-0.2, 0) is 10.8 Å². The zero-order valence-electron chi connectivity index (χ0n) is 13.2. The maximum absolute atomic E-state index is 3.95. The third-order valence-corrected chi connectivity index (χ3v) is 61.8. The number of rotatable bonds is 1. The van der Waals surface area contributed by atoms with Crippen molar-refractivity contribution in [2.45, 2.75) is 54.1 Å². The van der Waals surface area contributed by atoms with E-state index in [0.717, 1.165) is 8.63 Å². The van der Waals surface area contributed by atoms with Crippen molar-refractivity contribution in [3.05, 3.63) is 34.3 Å². The number of fused-ring (bicyclic) bond motifs is 10. The van der Waals surface area contributed by atoms with Crippen molar-refractivity contribution in [1.82, 2.24) is 5.32 Å². The van der Waals surface area contributed by atoms with Gasteiger partial charge in [0.05, 0.1) is 0 Å². The molecular weight excluding hydrogens is 378 g/mol. The minimum atomic E-state index is -3.06. The van der Waals surface area contributed by atoms with Crippen LogP contribution >= 0.6 is 15.9 Å². The molecule has 1 aromatic carbocycles. The molecule has 0 amide bonds. The number of hydrogen-bond acceptors (Lipinski definition) is 1. The van der Waals surface area contributed by atoms with E-state index in [0.29, 0.717) is 0 Å². The molecule has 5 atom stereocenters. The SMILES string of the molecule is CNC.C[C]12[CH]3[CH]4[CH]5[C]1(c1ccccc1Br)[Fe]43521678[CH]2[CH]1[CH]6[CH]7[CH]28. The summed E-state index contributed by atoms with van der Waals surface area (Å²) < 4.78 is 3.30. The van der Waals surface area contributed by atoms with Crippen LogP contribution in [0.3, 0.4) is 0 Å². The molecule has 1 nitrogen and oxygen atoms in total. The van der Waals surface area contributed by atoms with Crippen LogP contribution in [-0.4, -0.2) is 14.1 Å². The molecule has 10 aliphatic heterocycles. The average Bonchev–Trinajstić information content (AvgIpc) is 3.43. The predicted molar refractivity (Wildman–Crippen MR) is 89.2 cm³/mol. The van der Waals surface area contributed by atoms with E-state index in [-0.39, 0.29) is 0 Å². The molecule has 0 radical (unpaired) electrons. The number of hydrogen-bond donors (Lipinski definition) is 1. The molecule has 5 unspecified atom stereocenters. The quantitative estimate of drug-likeness (QED) is 0.617. The van der Waals surface area contributed by atoms with E-state index in [1.807, 2.05) is 19.7 Å². The molecule has 22 heavy (non-hydrogen) atoms. The molecule has 11 rings (SSSR count). The van der Waals surface area contributed by atoms with Crippen LogP contribution in [0.5, 0.6) is 0 Å². The van der Waals surface area contributed by atoms with E-state index in [2.05, 4.69) is 52.4 Å². The van der Waals surface area contributed by atoms with E-state index in [1.165, 1.54) is 43.0 Å². The Hall–Kier alpha value is 0.179. The Labute approximate surface area is 130 Å². The van der Waals surface area contributed by atoms with Gasteiger partial charge in [0.1, 0.15) is 0 Å². The second-order valence-corrected chi connectivity index (χ2v) is 36.4. The normalized spacial score (nSPS) is 97.3. The van der Waals surface area contributed by atoms with Crippen LogP contribution in [0.1, 0.15) is 12.5 Å². The molecule has 0 aliphatic carbocycles. The van der Waals surface area contributed by atoms with Crippen LogP contribution < -0.4 is 5.32 Å². The van der Waals surface area contributed by atoms with Gasteiger partial charge in [-0.1, -0.05) is 0 Å². The fourth-order valence-corrected chi connectivity index (χ4v) is 97.2. The van der Waals surface area contributed by atoms with Crippen molar-refractivity contribution in [2.75, 3.05) is 14.1 Å². The first-order valence-electron chi connectivity index (χ1n) is 8.91.